The van der Waals surface area contributed by atoms with Crippen LogP contribution in [0.25, 0.3) is 11.3 Å². The zero-order chi connectivity index (χ0) is 24.1. The van der Waals surface area contributed by atoms with Crippen LogP contribution in [0.4, 0.5) is 11.4 Å². The predicted molar refractivity (Wildman–Crippen MR) is 131 cm³/mol. The van der Waals surface area contributed by atoms with E-state index in [1.807, 2.05) is 30.3 Å². The minimum atomic E-state index is -0.658. The van der Waals surface area contributed by atoms with Crippen LogP contribution in [0, 0.1) is 18.3 Å². The van der Waals surface area contributed by atoms with Gasteiger partial charge in [0.15, 0.2) is 0 Å². The number of carbonyl (C=O) groups excluding carboxylic acids is 1. The number of azo groups is 1. The molecule has 0 N–H and O–H groups in total. The summed E-state index contributed by atoms with van der Waals surface area (Å²) in [7, 11) is 0. The molecule has 0 atom stereocenters. The first-order valence-electron chi connectivity index (χ1n) is 10.1. The smallest absolute Gasteiger partial charge is 0.344 e. The highest BCUT2D eigenvalue weighted by Crippen LogP contribution is 2.38. The van der Waals surface area contributed by atoms with Gasteiger partial charge in [-0.05, 0) is 55.5 Å². The molecule has 4 aromatic rings. The number of esters is 1. The molecule has 166 valence electrons. The fraction of sp³-hybridized carbons (Fsp3) is 0.0385. The third-order valence-electron chi connectivity index (χ3n) is 4.90. The molecule has 1 aromatic heterocycles. The molecule has 0 saturated heterocycles. The summed E-state index contributed by atoms with van der Waals surface area (Å²) in [6.07, 6.45) is 0. The van der Waals surface area contributed by atoms with E-state index in [1.54, 1.807) is 43.3 Å². The number of benzene rings is 3. The van der Waals surface area contributed by atoms with Gasteiger partial charge in [-0.2, -0.15) is 10.4 Å². The second-order valence-corrected chi connectivity index (χ2v) is 8.04. The van der Waals surface area contributed by atoms with Crippen molar-refractivity contribution in [1.29, 1.82) is 5.26 Å². The number of aromatic nitrogens is 1. The Bertz CT molecular complexity index is 1410. The Labute approximate surface area is 206 Å². The molecule has 0 bridgehead atoms. The molecule has 6 nitrogen and oxygen atoms in total. The fourth-order valence-electron chi connectivity index (χ4n) is 3.14. The number of carbonyl (C=O) groups is 1. The Morgan fingerprint density at radius 2 is 1.53 bits per heavy atom. The Balaban J connectivity index is 1.81. The highest BCUT2D eigenvalue weighted by atomic mass is 35.5. The number of ether oxygens (including phenoxy) is 1. The van der Waals surface area contributed by atoms with Gasteiger partial charge in [0, 0.05) is 21.2 Å². The Morgan fingerprint density at radius 3 is 2.15 bits per heavy atom. The van der Waals surface area contributed by atoms with E-state index in [2.05, 4.69) is 21.3 Å². The van der Waals surface area contributed by atoms with Crippen LogP contribution in [0.5, 0.6) is 5.88 Å². The largest absolute Gasteiger partial charge is 0.402 e. The van der Waals surface area contributed by atoms with Crippen molar-refractivity contribution in [3.05, 3.63) is 106 Å². The van der Waals surface area contributed by atoms with Crippen LogP contribution in [-0.2, 0) is 0 Å². The van der Waals surface area contributed by atoms with E-state index in [9.17, 15) is 10.1 Å². The quantitative estimate of drug-likeness (QED) is 0.212. The van der Waals surface area contributed by atoms with Gasteiger partial charge in [-0.15, -0.1) is 5.11 Å². The lowest BCUT2D eigenvalue weighted by Crippen LogP contribution is -2.11. The third kappa shape index (κ3) is 5.12. The van der Waals surface area contributed by atoms with E-state index < -0.39 is 5.97 Å². The molecule has 0 saturated carbocycles. The maximum absolute atomic E-state index is 12.7. The molecule has 0 aliphatic rings. The molecule has 0 aliphatic heterocycles. The zero-order valence-electron chi connectivity index (χ0n) is 17.9. The minimum Gasteiger partial charge on any atom is -0.402 e. The fourth-order valence-corrected chi connectivity index (χ4v) is 3.39. The van der Waals surface area contributed by atoms with Crippen LogP contribution in [0.15, 0.2) is 89.1 Å². The average molecular weight is 487 g/mol. The van der Waals surface area contributed by atoms with Crippen LogP contribution in [0.2, 0.25) is 10.0 Å². The monoisotopic (exact) mass is 486 g/mol. The van der Waals surface area contributed by atoms with Crippen molar-refractivity contribution in [2.45, 2.75) is 6.92 Å². The van der Waals surface area contributed by atoms with Gasteiger partial charge in [0.2, 0.25) is 5.88 Å². The average Bonchev–Trinajstić information content (AvgIpc) is 2.85. The van der Waals surface area contributed by atoms with Crippen molar-refractivity contribution in [1.82, 2.24) is 4.98 Å². The normalized spacial score (nSPS) is 10.8. The lowest BCUT2D eigenvalue weighted by atomic mass is 10.0. The number of rotatable bonds is 5. The number of nitrogens with zero attached hydrogens (tertiary/aromatic N) is 4. The number of nitriles is 1. The van der Waals surface area contributed by atoms with E-state index >= 15 is 0 Å². The first kappa shape index (κ1) is 23.1. The summed E-state index contributed by atoms with van der Waals surface area (Å²) in [5, 5.41) is 19.6. The standard InChI is InChI=1S/C26H16Cl2N4O2/c1-16-22(15-29)25(34-26(33)18-7-9-19(27)10-8-18)30-24(17-5-3-2-4-6-17)23(16)32-31-21-13-11-20(28)12-14-21/h2-14H,1H3. The Kier molecular flexibility index (Phi) is 6.98. The first-order valence-corrected chi connectivity index (χ1v) is 10.9. The summed E-state index contributed by atoms with van der Waals surface area (Å²) in [5.41, 5.74) is 2.97. The van der Waals surface area contributed by atoms with Gasteiger partial charge in [0.25, 0.3) is 0 Å². The number of hydrogen-bond acceptors (Lipinski definition) is 6. The van der Waals surface area contributed by atoms with Crippen molar-refractivity contribution in [3.63, 3.8) is 0 Å². The molecule has 0 unspecified atom stereocenters. The van der Waals surface area contributed by atoms with Crippen LogP contribution < -0.4 is 4.74 Å². The lowest BCUT2D eigenvalue weighted by Gasteiger charge is -2.13. The van der Waals surface area contributed by atoms with Crippen molar-refractivity contribution in [3.8, 4) is 23.2 Å². The van der Waals surface area contributed by atoms with Crippen LogP contribution in [0.1, 0.15) is 21.5 Å². The molecule has 0 fully saturated rings. The summed E-state index contributed by atoms with van der Waals surface area (Å²) >= 11 is 11.8. The molecule has 0 aliphatic carbocycles. The first-order chi connectivity index (χ1) is 16.5. The van der Waals surface area contributed by atoms with Crippen molar-refractivity contribution in [2.24, 2.45) is 10.2 Å². The molecule has 0 amide bonds. The maximum Gasteiger partial charge on any atom is 0.344 e. The second-order valence-electron chi connectivity index (χ2n) is 7.16. The molecule has 1 heterocycles. The molecule has 3 aromatic carbocycles. The van der Waals surface area contributed by atoms with Crippen molar-refractivity contribution < 1.29 is 9.53 Å². The predicted octanol–water partition coefficient (Wildman–Crippen LogP) is 7.87. The van der Waals surface area contributed by atoms with Crippen LogP contribution >= 0.6 is 23.2 Å². The van der Waals surface area contributed by atoms with E-state index in [0.29, 0.717) is 32.7 Å². The maximum atomic E-state index is 12.7. The van der Waals surface area contributed by atoms with E-state index in [-0.39, 0.29) is 17.0 Å². The number of pyridine rings is 1. The van der Waals surface area contributed by atoms with E-state index in [4.69, 9.17) is 27.9 Å². The van der Waals surface area contributed by atoms with Crippen LogP contribution in [-0.4, -0.2) is 11.0 Å². The topological polar surface area (TPSA) is 87.7 Å². The van der Waals surface area contributed by atoms with Gasteiger partial charge < -0.3 is 4.74 Å². The van der Waals surface area contributed by atoms with Crippen LogP contribution in [0.3, 0.4) is 0 Å². The SMILES string of the molecule is Cc1c(C#N)c(OC(=O)c2ccc(Cl)cc2)nc(-c2ccccc2)c1N=Nc1ccc(Cl)cc1. The van der Waals surface area contributed by atoms with Crippen molar-refractivity contribution >= 4 is 40.5 Å². The van der Waals surface area contributed by atoms with E-state index in [1.165, 1.54) is 12.1 Å². The van der Waals surface area contributed by atoms with E-state index in [0.717, 1.165) is 5.56 Å². The van der Waals surface area contributed by atoms with Gasteiger partial charge in [-0.3, -0.25) is 0 Å². The lowest BCUT2D eigenvalue weighted by molar-refractivity contribution is 0.0727. The molecule has 8 heteroatoms. The highest BCUT2D eigenvalue weighted by Gasteiger charge is 2.22. The summed E-state index contributed by atoms with van der Waals surface area (Å²) < 4.78 is 5.53. The molecule has 4 rings (SSSR count). The minimum absolute atomic E-state index is 0.0899. The van der Waals surface area contributed by atoms with Gasteiger partial charge in [-0.1, -0.05) is 53.5 Å². The molecular weight excluding hydrogens is 471 g/mol. The van der Waals surface area contributed by atoms with Gasteiger partial charge >= 0.3 is 5.97 Å². The summed E-state index contributed by atoms with van der Waals surface area (Å²) in [4.78, 5) is 17.2. The highest BCUT2D eigenvalue weighted by molar-refractivity contribution is 6.30. The molecule has 0 spiro atoms. The van der Waals surface area contributed by atoms with Gasteiger partial charge in [0.1, 0.15) is 23.0 Å². The zero-order valence-corrected chi connectivity index (χ0v) is 19.4. The Hall–Kier alpha value is -4.05. The summed E-state index contributed by atoms with van der Waals surface area (Å²) in [5.74, 6) is -0.765. The molecule has 0 radical (unpaired) electrons. The van der Waals surface area contributed by atoms with Gasteiger partial charge in [-0.25, -0.2) is 9.78 Å². The molecule has 34 heavy (non-hydrogen) atoms. The van der Waals surface area contributed by atoms with Gasteiger partial charge in [0.05, 0.1) is 11.3 Å². The van der Waals surface area contributed by atoms with Crippen molar-refractivity contribution in [2.75, 3.05) is 0 Å². The Morgan fingerprint density at radius 1 is 0.912 bits per heavy atom. The molecular formula is C26H16Cl2N4O2. The second kappa shape index (κ2) is 10.3. The summed E-state index contributed by atoms with van der Waals surface area (Å²) in [6, 6.07) is 24.4. The third-order valence-corrected chi connectivity index (χ3v) is 5.41. The number of halogens is 2. The number of hydrogen-bond donors (Lipinski definition) is 0. The summed E-state index contributed by atoms with van der Waals surface area (Å²) in [6.45, 7) is 1.71.